The number of fused-ring (bicyclic) bond motifs is 1. The summed E-state index contributed by atoms with van der Waals surface area (Å²) < 4.78 is 20.9. The van der Waals surface area contributed by atoms with Crippen LogP contribution in [0.2, 0.25) is 0 Å². The average molecular weight is 451 g/mol. The van der Waals surface area contributed by atoms with Gasteiger partial charge in [-0.3, -0.25) is 9.69 Å². The van der Waals surface area contributed by atoms with E-state index in [1.165, 1.54) is 17.7 Å². The van der Waals surface area contributed by atoms with Crippen molar-refractivity contribution >= 4 is 5.91 Å². The molecule has 1 fully saturated rings. The molecule has 0 radical (unpaired) electrons. The van der Waals surface area contributed by atoms with E-state index in [2.05, 4.69) is 21.3 Å². The van der Waals surface area contributed by atoms with Gasteiger partial charge in [0, 0.05) is 51.6 Å². The molecule has 1 atom stereocenters. The van der Waals surface area contributed by atoms with Crippen LogP contribution in [0.1, 0.15) is 35.5 Å². The molecular weight excluding hydrogens is 423 g/mol. The Bertz CT molecular complexity index is 1160. The van der Waals surface area contributed by atoms with Crippen LogP contribution >= 0.6 is 0 Å². The number of benzene rings is 1. The predicted molar refractivity (Wildman–Crippen MR) is 119 cm³/mol. The summed E-state index contributed by atoms with van der Waals surface area (Å²) >= 11 is 0. The molecule has 33 heavy (non-hydrogen) atoms. The molecule has 172 valence electrons. The SMILES string of the molecule is Cc1nnn(-c2ccc(F)cc2)c1COc1ccc2c(n1)CCN(CC1CCC(=O)N1C)C2. The molecule has 1 aromatic carbocycles. The van der Waals surface area contributed by atoms with Crippen LogP contribution in [0, 0.1) is 12.7 Å². The Morgan fingerprint density at radius 2 is 1.97 bits per heavy atom. The first-order chi connectivity index (χ1) is 16.0. The average Bonchev–Trinajstić information content (AvgIpc) is 3.34. The quantitative estimate of drug-likeness (QED) is 0.575. The maximum absolute atomic E-state index is 13.3. The minimum Gasteiger partial charge on any atom is -0.471 e. The highest BCUT2D eigenvalue weighted by atomic mass is 19.1. The standard InChI is InChI=1S/C24H27FN6O2/c1-16-22(31(28-27-16)19-6-4-18(25)5-7-19)15-33-23-9-3-17-13-30(12-11-21(17)26-23)14-20-8-10-24(32)29(20)2/h3-7,9,20H,8,10-15H2,1-2H3. The summed E-state index contributed by atoms with van der Waals surface area (Å²) in [6.07, 6.45) is 2.44. The molecule has 8 nitrogen and oxygen atoms in total. The minimum atomic E-state index is -0.297. The fourth-order valence-corrected chi connectivity index (χ4v) is 4.54. The van der Waals surface area contributed by atoms with Crippen LogP contribution in [0.5, 0.6) is 5.88 Å². The highest BCUT2D eigenvalue weighted by molar-refractivity contribution is 5.78. The summed E-state index contributed by atoms with van der Waals surface area (Å²) in [4.78, 5) is 20.8. The second-order valence-electron chi connectivity index (χ2n) is 8.74. The maximum Gasteiger partial charge on any atom is 0.222 e. The van der Waals surface area contributed by atoms with Crippen molar-refractivity contribution in [2.24, 2.45) is 0 Å². The number of nitrogens with zero attached hydrogens (tertiary/aromatic N) is 6. The van der Waals surface area contributed by atoms with Gasteiger partial charge in [0.2, 0.25) is 11.8 Å². The van der Waals surface area contributed by atoms with E-state index in [0.717, 1.165) is 55.2 Å². The van der Waals surface area contributed by atoms with Crippen molar-refractivity contribution in [1.29, 1.82) is 0 Å². The lowest BCUT2D eigenvalue weighted by molar-refractivity contribution is -0.127. The van der Waals surface area contributed by atoms with E-state index < -0.39 is 0 Å². The van der Waals surface area contributed by atoms with E-state index >= 15 is 0 Å². The Labute approximate surface area is 192 Å². The van der Waals surface area contributed by atoms with E-state index in [0.29, 0.717) is 18.3 Å². The van der Waals surface area contributed by atoms with Crippen LogP contribution in [0.15, 0.2) is 36.4 Å². The topological polar surface area (TPSA) is 76.4 Å². The zero-order valence-corrected chi connectivity index (χ0v) is 18.9. The number of aromatic nitrogens is 4. The maximum atomic E-state index is 13.3. The third-order valence-electron chi connectivity index (χ3n) is 6.59. The summed E-state index contributed by atoms with van der Waals surface area (Å²) in [6, 6.07) is 10.4. The lowest BCUT2D eigenvalue weighted by Gasteiger charge is -2.32. The van der Waals surface area contributed by atoms with Crippen LogP contribution in [-0.2, 0) is 24.4 Å². The monoisotopic (exact) mass is 450 g/mol. The number of hydrogen-bond acceptors (Lipinski definition) is 6. The first-order valence-corrected chi connectivity index (χ1v) is 11.2. The van der Waals surface area contributed by atoms with Crippen molar-refractivity contribution < 1.29 is 13.9 Å². The molecule has 3 aromatic rings. The van der Waals surface area contributed by atoms with Crippen LogP contribution in [0.25, 0.3) is 5.69 Å². The van der Waals surface area contributed by atoms with Gasteiger partial charge in [0.1, 0.15) is 18.1 Å². The van der Waals surface area contributed by atoms with Crippen molar-refractivity contribution in [1.82, 2.24) is 29.8 Å². The molecule has 0 aliphatic carbocycles. The summed E-state index contributed by atoms with van der Waals surface area (Å²) in [5, 5.41) is 8.32. The molecule has 2 aliphatic rings. The largest absolute Gasteiger partial charge is 0.471 e. The molecule has 2 aliphatic heterocycles. The van der Waals surface area contributed by atoms with Crippen LogP contribution < -0.4 is 4.74 Å². The number of rotatable bonds is 6. The number of aryl methyl sites for hydroxylation is 1. The summed E-state index contributed by atoms with van der Waals surface area (Å²) in [5.74, 6) is 0.510. The summed E-state index contributed by atoms with van der Waals surface area (Å²) in [7, 11) is 1.91. The van der Waals surface area contributed by atoms with Gasteiger partial charge >= 0.3 is 0 Å². The Hall–Kier alpha value is -3.33. The highest BCUT2D eigenvalue weighted by Gasteiger charge is 2.30. The smallest absolute Gasteiger partial charge is 0.222 e. The van der Waals surface area contributed by atoms with Crippen LogP contribution in [-0.4, -0.2) is 61.9 Å². The molecule has 0 N–H and O–H groups in total. The van der Waals surface area contributed by atoms with Gasteiger partial charge in [-0.25, -0.2) is 14.1 Å². The molecule has 4 heterocycles. The van der Waals surface area contributed by atoms with E-state index in [-0.39, 0.29) is 18.3 Å². The third-order valence-corrected chi connectivity index (χ3v) is 6.59. The number of likely N-dealkylation sites (N-methyl/N-ethyl adjacent to an activating group) is 1. The van der Waals surface area contributed by atoms with Gasteiger partial charge in [-0.1, -0.05) is 11.3 Å². The van der Waals surface area contributed by atoms with Gasteiger partial charge in [-0.15, -0.1) is 5.10 Å². The molecule has 9 heteroatoms. The minimum absolute atomic E-state index is 0.243. The number of halogens is 1. The van der Waals surface area contributed by atoms with Gasteiger partial charge in [0.15, 0.2) is 0 Å². The predicted octanol–water partition coefficient (Wildman–Crippen LogP) is 2.67. The molecule has 2 aromatic heterocycles. The third kappa shape index (κ3) is 4.45. The van der Waals surface area contributed by atoms with Gasteiger partial charge in [0.25, 0.3) is 0 Å². The van der Waals surface area contributed by atoms with Gasteiger partial charge < -0.3 is 9.64 Å². The van der Waals surface area contributed by atoms with Gasteiger partial charge in [-0.2, -0.15) is 0 Å². The molecule has 0 bridgehead atoms. The van der Waals surface area contributed by atoms with Crippen molar-refractivity contribution in [3.05, 3.63) is 64.9 Å². The second-order valence-corrected chi connectivity index (χ2v) is 8.74. The number of hydrogen-bond donors (Lipinski definition) is 0. The molecule has 1 saturated heterocycles. The fraction of sp³-hybridized carbons (Fsp3) is 0.417. The van der Waals surface area contributed by atoms with Crippen molar-refractivity contribution in [3.63, 3.8) is 0 Å². The molecule has 5 rings (SSSR count). The highest BCUT2D eigenvalue weighted by Crippen LogP contribution is 2.24. The number of carbonyl (C=O) groups is 1. The van der Waals surface area contributed by atoms with Crippen LogP contribution in [0.3, 0.4) is 0 Å². The number of amides is 1. The first-order valence-electron chi connectivity index (χ1n) is 11.2. The lowest BCUT2D eigenvalue weighted by Crippen LogP contribution is -2.42. The summed E-state index contributed by atoms with van der Waals surface area (Å²) in [6.45, 7) is 4.79. The first kappa shape index (κ1) is 21.5. The molecule has 1 unspecified atom stereocenters. The van der Waals surface area contributed by atoms with E-state index in [4.69, 9.17) is 9.72 Å². The number of carbonyl (C=O) groups excluding carboxylic acids is 1. The van der Waals surface area contributed by atoms with Crippen molar-refractivity contribution in [2.75, 3.05) is 20.1 Å². The Balaban J connectivity index is 1.24. The number of ether oxygens (including phenoxy) is 1. The van der Waals surface area contributed by atoms with Crippen molar-refractivity contribution in [3.8, 4) is 11.6 Å². The fourth-order valence-electron chi connectivity index (χ4n) is 4.54. The summed E-state index contributed by atoms with van der Waals surface area (Å²) in [5.41, 5.74) is 4.53. The van der Waals surface area contributed by atoms with Crippen LogP contribution in [0.4, 0.5) is 4.39 Å². The lowest BCUT2D eigenvalue weighted by atomic mass is 10.0. The zero-order chi connectivity index (χ0) is 22.9. The Morgan fingerprint density at radius 1 is 1.15 bits per heavy atom. The van der Waals surface area contributed by atoms with E-state index in [1.807, 2.05) is 24.9 Å². The zero-order valence-electron chi connectivity index (χ0n) is 18.9. The molecule has 0 spiro atoms. The molecule has 0 saturated carbocycles. The second kappa shape index (κ2) is 8.90. The van der Waals surface area contributed by atoms with E-state index in [9.17, 15) is 9.18 Å². The Morgan fingerprint density at radius 3 is 2.73 bits per heavy atom. The number of likely N-dealkylation sites (tertiary alicyclic amines) is 1. The molecule has 1 amide bonds. The Kier molecular flexibility index (Phi) is 5.80. The normalized spacial score (nSPS) is 18.6. The van der Waals surface area contributed by atoms with Gasteiger partial charge in [-0.05, 0) is 43.2 Å². The van der Waals surface area contributed by atoms with E-state index in [1.54, 1.807) is 16.8 Å². The molecular formula is C24H27FN6O2. The van der Waals surface area contributed by atoms with Crippen molar-refractivity contribution in [2.45, 2.75) is 45.4 Å². The number of pyridine rings is 1. The van der Waals surface area contributed by atoms with Gasteiger partial charge in [0.05, 0.1) is 17.1 Å².